The molecule has 1 saturated heterocycles. The van der Waals surface area contributed by atoms with E-state index in [1.54, 1.807) is 0 Å². The first-order valence-electron chi connectivity index (χ1n) is 7.19. The van der Waals surface area contributed by atoms with Crippen LogP contribution in [0.15, 0.2) is 22.7 Å². The number of hydrogen-bond acceptors (Lipinski definition) is 2. The summed E-state index contributed by atoms with van der Waals surface area (Å²) >= 11 is 21.1. The fourth-order valence-corrected chi connectivity index (χ4v) is 4.25. The van der Waals surface area contributed by atoms with E-state index >= 15 is 0 Å². The number of nitrogens with zero attached hydrogens (tertiary/aromatic N) is 2. The van der Waals surface area contributed by atoms with E-state index in [0.29, 0.717) is 18.7 Å². The van der Waals surface area contributed by atoms with E-state index in [-0.39, 0.29) is 16.8 Å². The molecule has 9 heteroatoms. The van der Waals surface area contributed by atoms with Crippen LogP contribution in [-0.4, -0.2) is 45.6 Å². The number of carbonyl (C=O) groups excluding carboxylic acids is 2. The van der Waals surface area contributed by atoms with Crippen LogP contribution in [0.25, 0.3) is 0 Å². The number of amides is 2. The van der Waals surface area contributed by atoms with Gasteiger partial charge in [0, 0.05) is 25.7 Å². The maximum Gasteiger partial charge on any atom is 0.249 e. The van der Waals surface area contributed by atoms with Gasteiger partial charge >= 0.3 is 0 Å². The zero-order chi connectivity index (χ0) is 17.9. The van der Waals surface area contributed by atoms with Gasteiger partial charge in [-0.1, -0.05) is 23.2 Å². The fraction of sp³-hybridized carbons (Fsp3) is 0.467. The molecule has 2 amide bonds. The summed E-state index contributed by atoms with van der Waals surface area (Å²) in [5.74, 6) is -1.12. The second kappa shape index (κ2) is 6.01. The number of alkyl halides is 3. The SMILES string of the molecule is CN(C(=O)C1(Cl)CC1(Cl)Cl)C1CCN(c2ccc(F)c(Br)c2)C1=O. The molecular weight excluding hydrogens is 445 g/mol. The van der Waals surface area contributed by atoms with Crippen LogP contribution in [0.4, 0.5) is 10.1 Å². The van der Waals surface area contributed by atoms with Gasteiger partial charge in [-0.05, 0) is 40.5 Å². The van der Waals surface area contributed by atoms with E-state index < -0.39 is 27.0 Å². The molecule has 1 aliphatic carbocycles. The van der Waals surface area contributed by atoms with E-state index in [4.69, 9.17) is 34.8 Å². The Bertz CT molecular complexity index is 733. The normalized spacial score (nSPS) is 28.2. The molecule has 1 heterocycles. The third-order valence-corrected chi connectivity index (χ3v) is 6.77. The highest BCUT2D eigenvalue weighted by Crippen LogP contribution is 2.62. The van der Waals surface area contributed by atoms with Crippen molar-refractivity contribution in [3.05, 3.63) is 28.5 Å². The molecule has 2 unspecified atom stereocenters. The summed E-state index contributed by atoms with van der Waals surface area (Å²) in [4.78, 5) is 26.6. The van der Waals surface area contributed by atoms with Crippen molar-refractivity contribution in [3.63, 3.8) is 0 Å². The smallest absolute Gasteiger partial charge is 0.249 e. The lowest BCUT2D eigenvalue weighted by Gasteiger charge is -2.26. The Morgan fingerprint density at radius 1 is 1.42 bits per heavy atom. The molecule has 1 saturated carbocycles. The van der Waals surface area contributed by atoms with Gasteiger partial charge in [-0.3, -0.25) is 9.59 Å². The Hall–Kier alpha value is -0.560. The van der Waals surface area contributed by atoms with Gasteiger partial charge in [-0.25, -0.2) is 4.39 Å². The van der Waals surface area contributed by atoms with Crippen LogP contribution >= 0.6 is 50.7 Å². The summed E-state index contributed by atoms with van der Waals surface area (Å²) in [5, 5.41) is 0. The van der Waals surface area contributed by atoms with E-state index in [1.165, 1.54) is 35.0 Å². The van der Waals surface area contributed by atoms with Gasteiger partial charge in [0.05, 0.1) is 4.47 Å². The highest BCUT2D eigenvalue weighted by Gasteiger charge is 2.72. The quantitative estimate of drug-likeness (QED) is 0.648. The van der Waals surface area contributed by atoms with Crippen molar-refractivity contribution < 1.29 is 14.0 Å². The molecule has 2 fully saturated rings. The molecule has 4 nitrogen and oxygen atoms in total. The van der Waals surface area contributed by atoms with Crippen molar-refractivity contribution >= 4 is 68.2 Å². The van der Waals surface area contributed by atoms with Crippen LogP contribution in [0.5, 0.6) is 0 Å². The van der Waals surface area contributed by atoms with Gasteiger partial charge in [0.25, 0.3) is 0 Å². The Morgan fingerprint density at radius 3 is 2.58 bits per heavy atom. The first-order valence-corrected chi connectivity index (χ1v) is 9.11. The molecule has 0 spiro atoms. The van der Waals surface area contributed by atoms with Gasteiger partial charge in [-0.15, -0.1) is 11.6 Å². The average Bonchev–Trinajstić information content (AvgIpc) is 2.85. The zero-order valence-corrected chi connectivity index (χ0v) is 16.4. The van der Waals surface area contributed by atoms with Gasteiger partial charge in [-0.2, -0.15) is 0 Å². The summed E-state index contributed by atoms with van der Waals surface area (Å²) < 4.78 is 12.3. The number of carbonyl (C=O) groups is 2. The number of rotatable bonds is 3. The molecule has 2 atom stereocenters. The minimum Gasteiger partial charge on any atom is -0.332 e. The highest BCUT2D eigenvalue weighted by atomic mass is 79.9. The maximum absolute atomic E-state index is 13.4. The minimum absolute atomic E-state index is 0.142. The van der Waals surface area contributed by atoms with Crippen LogP contribution in [0.1, 0.15) is 12.8 Å². The number of benzene rings is 1. The first kappa shape index (κ1) is 18.2. The second-order valence-corrected chi connectivity index (χ2v) is 8.97. The molecular formula is C15H13BrCl3FN2O2. The number of likely N-dealkylation sites (N-methyl/N-ethyl adjacent to an activating group) is 1. The molecule has 2 aliphatic rings. The second-order valence-electron chi connectivity index (χ2n) is 5.99. The number of hydrogen-bond donors (Lipinski definition) is 0. The molecule has 0 N–H and O–H groups in total. The summed E-state index contributed by atoms with van der Waals surface area (Å²) in [5.41, 5.74) is 0.563. The molecule has 1 aromatic carbocycles. The fourth-order valence-electron chi connectivity index (χ4n) is 2.85. The van der Waals surface area contributed by atoms with Crippen molar-refractivity contribution in [2.24, 2.45) is 0 Å². The lowest BCUT2D eigenvalue weighted by molar-refractivity contribution is -0.137. The van der Waals surface area contributed by atoms with Crippen LogP contribution in [0.3, 0.4) is 0 Å². The van der Waals surface area contributed by atoms with Gasteiger partial charge in [0.2, 0.25) is 11.8 Å². The van der Waals surface area contributed by atoms with Gasteiger partial charge in [0.1, 0.15) is 16.2 Å². The van der Waals surface area contributed by atoms with Crippen molar-refractivity contribution in [2.45, 2.75) is 28.1 Å². The summed E-state index contributed by atoms with van der Waals surface area (Å²) in [6.07, 6.45) is 0.587. The maximum atomic E-state index is 13.4. The van der Waals surface area contributed by atoms with Crippen LogP contribution in [0, 0.1) is 5.82 Å². The average molecular weight is 459 g/mol. The minimum atomic E-state index is -1.38. The summed E-state index contributed by atoms with van der Waals surface area (Å²) in [6, 6.07) is 3.68. The Balaban J connectivity index is 1.76. The standard InChI is InChI=1S/C15H13BrCl3FN2O2/c1-21(13(24)14(17)7-15(14,18)19)11-4-5-22(12(11)23)8-2-3-10(20)9(16)6-8/h2-3,6,11H,4-5,7H2,1H3. The van der Waals surface area contributed by atoms with Crippen LogP contribution in [-0.2, 0) is 9.59 Å². The predicted molar refractivity (Wildman–Crippen MR) is 95.3 cm³/mol. The van der Waals surface area contributed by atoms with Crippen LogP contribution in [0.2, 0.25) is 0 Å². The predicted octanol–water partition coefficient (Wildman–Crippen LogP) is 3.71. The molecule has 0 aromatic heterocycles. The van der Waals surface area contributed by atoms with E-state index in [1.807, 2.05) is 0 Å². The first-order chi connectivity index (χ1) is 11.1. The summed E-state index contributed by atoms with van der Waals surface area (Å²) in [7, 11) is 1.52. The van der Waals surface area contributed by atoms with Crippen molar-refractivity contribution in [3.8, 4) is 0 Å². The largest absolute Gasteiger partial charge is 0.332 e. The van der Waals surface area contributed by atoms with Crippen LogP contribution < -0.4 is 4.90 Å². The highest BCUT2D eigenvalue weighted by molar-refractivity contribution is 9.10. The molecule has 1 aliphatic heterocycles. The van der Waals surface area contributed by atoms with Gasteiger partial charge in [0.15, 0.2) is 4.87 Å². The lowest BCUT2D eigenvalue weighted by Crippen LogP contribution is -2.47. The molecule has 0 bridgehead atoms. The van der Waals surface area contributed by atoms with Gasteiger partial charge < -0.3 is 9.80 Å². The topological polar surface area (TPSA) is 40.6 Å². The Labute approximate surface area is 161 Å². The summed E-state index contributed by atoms with van der Waals surface area (Å²) in [6.45, 7) is 0.418. The van der Waals surface area contributed by atoms with Crippen molar-refractivity contribution in [1.82, 2.24) is 4.90 Å². The third kappa shape index (κ3) is 2.81. The number of anilines is 1. The zero-order valence-electron chi connectivity index (χ0n) is 12.5. The van der Waals surface area contributed by atoms with E-state index in [2.05, 4.69) is 15.9 Å². The monoisotopic (exact) mass is 456 g/mol. The van der Waals surface area contributed by atoms with Crippen molar-refractivity contribution in [1.29, 1.82) is 0 Å². The Morgan fingerprint density at radius 2 is 2.04 bits per heavy atom. The lowest BCUT2D eigenvalue weighted by atomic mass is 10.2. The molecule has 0 radical (unpaired) electrons. The molecule has 130 valence electrons. The van der Waals surface area contributed by atoms with E-state index in [9.17, 15) is 14.0 Å². The number of halogens is 5. The Kier molecular flexibility index (Phi) is 4.56. The van der Waals surface area contributed by atoms with Crippen molar-refractivity contribution in [2.75, 3.05) is 18.5 Å². The molecule has 1 aromatic rings. The van der Waals surface area contributed by atoms with E-state index in [0.717, 1.165) is 0 Å². The third-order valence-electron chi connectivity index (χ3n) is 4.44. The molecule has 3 rings (SSSR count). The molecule has 24 heavy (non-hydrogen) atoms.